The monoisotopic (exact) mass is 237 g/mol. The Kier molecular flexibility index (Phi) is 3.12. The van der Waals surface area contributed by atoms with Crippen LogP contribution in [0.5, 0.6) is 0 Å². The second-order valence-corrected chi connectivity index (χ2v) is 4.39. The van der Waals surface area contributed by atoms with Gasteiger partial charge in [-0.2, -0.15) is 5.10 Å². The fraction of sp³-hybridized carbons (Fsp3) is 0.545. The Morgan fingerprint density at radius 1 is 1.59 bits per heavy atom. The van der Waals surface area contributed by atoms with E-state index in [2.05, 4.69) is 10.2 Å². The van der Waals surface area contributed by atoms with E-state index in [1.807, 2.05) is 6.92 Å². The lowest BCUT2D eigenvalue weighted by Crippen LogP contribution is -2.51. The second kappa shape index (κ2) is 4.57. The van der Waals surface area contributed by atoms with Crippen molar-refractivity contribution in [3.63, 3.8) is 0 Å². The molecular formula is C11H15N3O3. The van der Waals surface area contributed by atoms with Crippen LogP contribution in [0, 0.1) is 5.92 Å². The van der Waals surface area contributed by atoms with Gasteiger partial charge in [0.05, 0.1) is 11.8 Å². The Labute approximate surface area is 98.6 Å². The van der Waals surface area contributed by atoms with Gasteiger partial charge in [0.15, 0.2) is 0 Å². The zero-order valence-electron chi connectivity index (χ0n) is 9.59. The molecule has 0 saturated carbocycles. The van der Waals surface area contributed by atoms with Crippen molar-refractivity contribution in [3.05, 3.63) is 18.0 Å². The first-order chi connectivity index (χ1) is 8.11. The van der Waals surface area contributed by atoms with Crippen LogP contribution in [-0.4, -0.2) is 44.7 Å². The number of piperidine rings is 1. The van der Waals surface area contributed by atoms with Crippen molar-refractivity contribution in [1.29, 1.82) is 0 Å². The average molecular weight is 237 g/mol. The SMILES string of the molecule is CC1CCCN(C(=O)c2cn[nH]c2)C1C(=O)O. The van der Waals surface area contributed by atoms with Gasteiger partial charge in [-0.25, -0.2) is 4.79 Å². The number of nitrogens with one attached hydrogen (secondary N) is 1. The van der Waals surface area contributed by atoms with Crippen molar-refractivity contribution < 1.29 is 14.7 Å². The van der Waals surface area contributed by atoms with E-state index < -0.39 is 12.0 Å². The lowest BCUT2D eigenvalue weighted by molar-refractivity contribution is -0.145. The number of aromatic amines is 1. The number of carboxylic acid groups (broad SMARTS) is 1. The highest BCUT2D eigenvalue weighted by Gasteiger charge is 2.37. The molecule has 2 rings (SSSR count). The Bertz CT molecular complexity index is 416. The quantitative estimate of drug-likeness (QED) is 0.794. The summed E-state index contributed by atoms with van der Waals surface area (Å²) in [5, 5.41) is 15.5. The minimum absolute atomic E-state index is 0.0166. The van der Waals surface area contributed by atoms with E-state index in [1.165, 1.54) is 17.3 Å². The van der Waals surface area contributed by atoms with E-state index in [1.54, 1.807) is 0 Å². The maximum absolute atomic E-state index is 12.1. The number of carbonyl (C=O) groups is 2. The summed E-state index contributed by atoms with van der Waals surface area (Å²) in [6.07, 6.45) is 4.59. The number of amides is 1. The topological polar surface area (TPSA) is 86.3 Å². The van der Waals surface area contributed by atoms with Crippen LogP contribution >= 0.6 is 0 Å². The summed E-state index contributed by atoms with van der Waals surface area (Å²) in [6, 6.07) is -0.730. The van der Waals surface area contributed by atoms with Gasteiger partial charge in [-0.15, -0.1) is 0 Å². The molecule has 1 aliphatic heterocycles. The Morgan fingerprint density at radius 2 is 2.35 bits per heavy atom. The van der Waals surface area contributed by atoms with Gasteiger partial charge < -0.3 is 10.0 Å². The molecule has 1 aromatic heterocycles. The van der Waals surface area contributed by atoms with E-state index in [9.17, 15) is 14.7 Å². The highest BCUT2D eigenvalue weighted by molar-refractivity contribution is 5.96. The molecular weight excluding hydrogens is 222 g/mol. The number of carboxylic acids is 1. The molecule has 6 nitrogen and oxygen atoms in total. The number of H-pyrrole nitrogens is 1. The van der Waals surface area contributed by atoms with E-state index in [4.69, 9.17) is 0 Å². The highest BCUT2D eigenvalue weighted by Crippen LogP contribution is 2.24. The van der Waals surface area contributed by atoms with Gasteiger partial charge in [0.25, 0.3) is 5.91 Å². The highest BCUT2D eigenvalue weighted by atomic mass is 16.4. The van der Waals surface area contributed by atoms with Gasteiger partial charge >= 0.3 is 5.97 Å². The first kappa shape index (κ1) is 11.6. The van der Waals surface area contributed by atoms with Crippen molar-refractivity contribution in [3.8, 4) is 0 Å². The summed E-state index contributed by atoms with van der Waals surface area (Å²) in [4.78, 5) is 24.8. The van der Waals surface area contributed by atoms with E-state index in [0.717, 1.165) is 12.8 Å². The summed E-state index contributed by atoms with van der Waals surface area (Å²) in [6.45, 7) is 2.36. The van der Waals surface area contributed by atoms with Crippen LogP contribution in [0.15, 0.2) is 12.4 Å². The number of carbonyl (C=O) groups excluding carboxylic acids is 1. The Hall–Kier alpha value is -1.85. The second-order valence-electron chi connectivity index (χ2n) is 4.39. The molecule has 2 N–H and O–H groups in total. The van der Waals surface area contributed by atoms with Gasteiger partial charge in [0, 0.05) is 12.7 Å². The predicted octanol–water partition coefficient (Wildman–Crippen LogP) is 0.735. The number of likely N-dealkylation sites (tertiary alicyclic amines) is 1. The summed E-state index contributed by atoms with van der Waals surface area (Å²) < 4.78 is 0. The van der Waals surface area contributed by atoms with Crippen molar-refractivity contribution in [1.82, 2.24) is 15.1 Å². The number of aliphatic carboxylic acids is 1. The molecule has 17 heavy (non-hydrogen) atoms. The summed E-state index contributed by atoms with van der Waals surface area (Å²) >= 11 is 0. The lowest BCUT2D eigenvalue weighted by Gasteiger charge is -2.37. The lowest BCUT2D eigenvalue weighted by atomic mass is 9.90. The molecule has 1 saturated heterocycles. The van der Waals surface area contributed by atoms with E-state index in [0.29, 0.717) is 12.1 Å². The van der Waals surface area contributed by atoms with Gasteiger partial charge in [-0.1, -0.05) is 6.92 Å². The van der Waals surface area contributed by atoms with Crippen LogP contribution < -0.4 is 0 Å². The molecule has 0 aliphatic carbocycles. The first-order valence-corrected chi connectivity index (χ1v) is 5.64. The van der Waals surface area contributed by atoms with Crippen molar-refractivity contribution in [2.45, 2.75) is 25.8 Å². The number of hydrogen-bond acceptors (Lipinski definition) is 3. The molecule has 6 heteroatoms. The van der Waals surface area contributed by atoms with Gasteiger partial charge in [0.1, 0.15) is 6.04 Å². The standard InChI is InChI=1S/C11H15N3O3/c1-7-3-2-4-14(9(7)11(16)17)10(15)8-5-12-13-6-8/h5-7,9H,2-4H2,1H3,(H,12,13)(H,16,17). The van der Waals surface area contributed by atoms with E-state index >= 15 is 0 Å². The fourth-order valence-corrected chi connectivity index (χ4v) is 2.33. The van der Waals surface area contributed by atoms with Crippen molar-refractivity contribution >= 4 is 11.9 Å². The molecule has 2 heterocycles. The molecule has 1 aliphatic rings. The molecule has 0 aromatic carbocycles. The molecule has 2 atom stereocenters. The Balaban J connectivity index is 2.23. The third-order valence-electron chi connectivity index (χ3n) is 3.19. The molecule has 0 spiro atoms. The van der Waals surface area contributed by atoms with Crippen LogP contribution in [0.3, 0.4) is 0 Å². The van der Waals surface area contributed by atoms with Gasteiger partial charge in [0.2, 0.25) is 0 Å². The van der Waals surface area contributed by atoms with Crippen molar-refractivity contribution in [2.75, 3.05) is 6.54 Å². The van der Waals surface area contributed by atoms with Crippen LogP contribution in [0.2, 0.25) is 0 Å². The molecule has 0 radical (unpaired) electrons. The fourth-order valence-electron chi connectivity index (χ4n) is 2.33. The first-order valence-electron chi connectivity index (χ1n) is 5.64. The zero-order chi connectivity index (χ0) is 12.4. The molecule has 1 amide bonds. The molecule has 2 unspecified atom stereocenters. The molecule has 1 fully saturated rings. The normalized spacial score (nSPS) is 24.6. The maximum Gasteiger partial charge on any atom is 0.326 e. The zero-order valence-corrected chi connectivity index (χ0v) is 9.59. The number of nitrogens with zero attached hydrogens (tertiary/aromatic N) is 2. The summed E-state index contributed by atoms with van der Waals surface area (Å²) in [7, 11) is 0. The molecule has 1 aromatic rings. The van der Waals surface area contributed by atoms with Crippen LogP contribution in [0.25, 0.3) is 0 Å². The Morgan fingerprint density at radius 3 is 2.94 bits per heavy atom. The molecule has 0 bridgehead atoms. The maximum atomic E-state index is 12.1. The van der Waals surface area contributed by atoms with Gasteiger partial charge in [-0.3, -0.25) is 9.89 Å². The number of aromatic nitrogens is 2. The predicted molar refractivity (Wildman–Crippen MR) is 59.4 cm³/mol. The van der Waals surface area contributed by atoms with Crippen molar-refractivity contribution in [2.24, 2.45) is 5.92 Å². The van der Waals surface area contributed by atoms with Crippen LogP contribution in [0.4, 0.5) is 0 Å². The van der Waals surface area contributed by atoms with Gasteiger partial charge in [-0.05, 0) is 18.8 Å². The number of rotatable bonds is 2. The van der Waals surface area contributed by atoms with E-state index in [-0.39, 0.29) is 11.8 Å². The molecule has 92 valence electrons. The largest absolute Gasteiger partial charge is 0.480 e. The summed E-state index contributed by atoms with van der Waals surface area (Å²) in [5.41, 5.74) is 0.408. The van der Waals surface area contributed by atoms with Crippen LogP contribution in [0.1, 0.15) is 30.1 Å². The third-order valence-corrected chi connectivity index (χ3v) is 3.19. The number of hydrogen-bond donors (Lipinski definition) is 2. The summed E-state index contributed by atoms with van der Waals surface area (Å²) in [5.74, 6) is -1.22. The minimum atomic E-state index is -0.936. The average Bonchev–Trinajstić information content (AvgIpc) is 2.80. The smallest absolute Gasteiger partial charge is 0.326 e. The van der Waals surface area contributed by atoms with Crippen LogP contribution in [-0.2, 0) is 4.79 Å². The third kappa shape index (κ3) is 2.15. The minimum Gasteiger partial charge on any atom is -0.480 e.